The SMILES string of the molecule is CCc1cnc(-c2[c-]ccc3c4c(sc23)CCCC4)cc1CC.Cc1ccc(-c2[c-]cccc2)nc1.[Ir]. The summed E-state index contributed by atoms with van der Waals surface area (Å²) in [5.41, 5.74) is 9.86. The van der Waals surface area contributed by atoms with Crippen molar-refractivity contribution in [1.82, 2.24) is 9.97 Å². The summed E-state index contributed by atoms with van der Waals surface area (Å²) in [5, 5.41) is 1.44. The minimum Gasteiger partial charge on any atom is -0.304 e. The van der Waals surface area contributed by atoms with Gasteiger partial charge in [0.1, 0.15) is 0 Å². The zero-order chi connectivity index (χ0) is 24.9. The van der Waals surface area contributed by atoms with Gasteiger partial charge in [0.25, 0.3) is 0 Å². The second kappa shape index (κ2) is 12.7. The number of hydrogen-bond acceptors (Lipinski definition) is 3. The van der Waals surface area contributed by atoms with Crippen LogP contribution in [-0.2, 0) is 45.8 Å². The average Bonchev–Trinajstić information content (AvgIpc) is 3.33. The first-order chi connectivity index (χ1) is 17.7. The van der Waals surface area contributed by atoms with Crippen LogP contribution < -0.4 is 0 Å². The Morgan fingerprint density at radius 1 is 0.838 bits per heavy atom. The van der Waals surface area contributed by atoms with Crippen molar-refractivity contribution in [1.29, 1.82) is 0 Å². The molecular formula is C33H32IrN2S-2. The predicted octanol–water partition coefficient (Wildman–Crippen LogP) is 8.62. The van der Waals surface area contributed by atoms with Gasteiger partial charge in [-0.2, -0.15) is 11.3 Å². The molecule has 0 saturated heterocycles. The fourth-order valence-electron chi connectivity index (χ4n) is 4.91. The molecule has 3 heterocycles. The third-order valence-electron chi connectivity index (χ3n) is 6.91. The molecule has 5 aromatic rings. The summed E-state index contributed by atoms with van der Waals surface area (Å²) in [6.07, 6.45) is 11.2. The van der Waals surface area contributed by atoms with Crippen LogP contribution >= 0.6 is 11.3 Å². The van der Waals surface area contributed by atoms with Gasteiger partial charge < -0.3 is 9.97 Å². The molecule has 3 aromatic heterocycles. The van der Waals surface area contributed by atoms with Gasteiger partial charge in [-0.15, -0.1) is 59.7 Å². The van der Waals surface area contributed by atoms with Gasteiger partial charge in [0.05, 0.1) is 0 Å². The summed E-state index contributed by atoms with van der Waals surface area (Å²) in [6, 6.07) is 25.2. The quantitative estimate of drug-likeness (QED) is 0.178. The van der Waals surface area contributed by atoms with Gasteiger partial charge in [0, 0.05) is 32.5 Å². The summed E-state index contributed by atoms with van der Waals surface area (Å²) < 4.78 is 1.39. The molecule has 0 unspecified atom stereocenters. The van der Waals surface area contributed by atoms with Gasteiger partial charge in [-0.3, -0.25) is 0 Å². The summed E-state index contributed by atoms with van der Waals surface area (Å²) in [4.78, 5) is 10.7. The van der Waals surface area contributed by atoms with Crippen molar-refractivity contribution in [2.24, 2.45) is 0 Å². The number of fused-ring (bicyclic) bond motifs is 3. The van der Waals surface area contributed by atoms with Crippen molar-refractivity contribution < 1.29 is 20.1 Å². The average molecular weight is 681 g/mol. The third-order valence-corrected chi connectivity index (χ3v) is 8.24. The van der Waals surface area contributed by atoms with Crippen LogP contribution in [0, 0.1) is 19.1 Å². The van der Waals surface area contributed by atoms with Gasteiger partial charge >= 0.3 is 0 Å². The number of aromatic nitrogens is 2. The molecule has 0 bridgehead atoms. The van der Waals surface area contributed by atoms with E-state index in [-0.39, 0.29) is 20.1 Å². The van der Waals surface area contributed by atoms with Crippen LogP contribution in [0.2, 0.25) is 0 Å². The standard InChI is InChI=1S/C21H22NS.C12H10N.Ir/c1-3-14-12-19(22-13-15(14)4-2)18-10-7-9-17-16-8-5-6-11-20(16)23-21(17)18;1-10-7-8-12(13-9-10)11-5-3-2-4-6-11;/h7,9,12-13H,3-6,8,11H2,1-2H3;2-5,7-9H,1H3;/q2*-1;. The normalized spacial score (nSPS) is 12.3. The van der Waals surface area contributed by atoms with Crippen LogP contribution in [0.3, 0.4) is 0 Å². The number of rotatable bonds is 4. The number of nitrogens with zero attached hydrogens (tertiary/aromatic N) is 2. The molecule has 4 heteroatoms. The first kappa shape index (κ1) is 27.4. The largest absolute Gasteiger partial charge is 0.304 e. The molecule has 1 radical (unpaired) electrons. The molecule has 0 aliphatic heterocycles. The van der Waals surface area contributed by atoms with Gasteiger partial charge in [-0.1, -0.05) is 43.0 Å². The molecule has 6 rings (SSSR count). The predicted molar refractivity (Wildman–Crippen MR) is 153 cm³/mol. The molecule has 0 N–H and O–H groups in total. The molecule has 0 spiro atoms. The Kier molecular flexibility index (Phi) is 9.43. The van der Waals surface area contributed by atoms with E-state index in [2.05, 4.69) is 61.4 Å². The van der Waals surface area contributed by atoms with Crippen molar-refractivity contribution in [2.45, 2.75) is 59.3 Å². The smallest absolute Gasteiger partial charge is 0.0195 e. The van der Waals surface area contributed by atoms with Crippen LogP contribution in [0.5, 0.6) is 0 Å². The monoisotopic (exact) mass is 681 g/mol. The second-order valence-electron chi connectivity index (χ2n) is 9.35. The molecular weight excluding hydrogens is 649 g/mol. The third kappa shape index (κ3) is 6.09. The van der Waals surface area contributed by atoms with E-state index >= 15 is 0 Å². The van der Waals surface area contributed by atoms with Crippen LogP contribution in [0.1, 0.15) is 53.8 Å². The van der Waals surface area contributed by atoms with E-state index in [1.165, 1.54) is 58.0 Å². The Morgan fingerprint density at radius 2 is 1.65 bits per heavy atom. The Balaban J connectivity index is 0.000000195. The first-order valence-electron chi connectivity index (χ1n) is 13.0. The van der Waals surface area contributed by atoms with E-state index in [9.17, 15) is 0 Å². The van der Waals surface area contributed by atoms with Crippen LogP contribution in [0.4, 0.5) is 0 Å². The minimum absolute atomic E-state index is 0. The van der Waals surface area contributed by atoms with E-state index in [1.54, 1.807) is 10.4 Å². The van der Waals surface area contributed by atoms with E-state index < -0.39 is 0 Å². The van der Waals surface area contributed by atoms with E-state index in [0.717, 1.165) is 29.8 Å². The number of hydrogen-bond donors (Lipinski definition) is 0. The fourth-order valence-corrected chi connectivity index (χ4v) is 6.30. The number of benzene rings is 2. The first-order valence-corrected chi connectivity index (χ1v) is 13.8. The maximum atomic E-state index is 4.76. The molecule has 37 heavy (non-hydrogen) atoms. The molecule has 2 aromatic carbocycles. The molecule has 191 valence electrons. The van der Waals surface area contributed by atoms with Crippen LogP contribution in [0.15, 0.2) is 67.0 Å². The van der Waals surface area contributed by atoms with Crippen molar-refractivity contribution in [2.75, 3.05) is 0 Å². The molecule has 1 aliphatic rings. The fraction of sp³-hybridized carbons (Fsp3) is 0.273. The Hall–Kier alpha value is -2.65. The molecule has 1 aliphatic carbocycles. The Bertz CT molecular complexity index is 1460. The van der Waals surface area contributed by atoms with E-state index in [1.807, 2.05) is 54.8 Å². The summed E-state index contributed by atoms with van der Waals surface area (Å²) in [6.45, 7) is 6.47. The molecule has 0 amide bonds. The van der Waals surface area contributed by atoms with Crippen LogP contribution in [-0.4, -0.2) is 9.97 Å². The van der Waals surface area contributed by atoms with Gasteiger partial charge in [-0.05, 0) is 83.1 Å². The van der Waals surface area contributed by atoms with E-state index in [0.29, 0.717) is 0 Å². The maximum absolute atomic E-state index is 4.76. The molecule has 2 nitrogen and oxygen atoms in total. The topological polar surface area (TPSA) is 25.8 Å². The maximum Gasteiger partial charge on any atom is 0.0195 e. The van der Waals surface area contributed by atoms with Crippen molar-refractivity contribution in [3.8, 4) is 22.5 Å². The Labute approximate surface area is 238 Å². The number of pyridine rings is 2. The number of aryl methyl sites for hydroxylation is 5. The molecule has 0 fully saturated rings. The van der Waals surface area contributed by atoms with E-state index in [4.69, 9.17) is 4.98 Å². The summed E-state index contributed by atoms with van der Waals surface area (Å²) in [7, 11) is 0. The van der Waals surface area contributed by atoms with Crippen molar-refractivity contribution >= 4 is 21.4 Å². The van der Waals surface area contributed by atoms with Crippen LogP contribution in [0.25, 0.3) is 32.6 Å². The molecule has 0 atom stereocenters. The van der Waals surface area contributed by atoms with Crippen molar-refractivity contribution in [3.05, 3.63) is 106 Å². The minimum atomic E-state index is 0. The summed E-state index contributed by atoms with van der Waals surface area (Å²) in [5.74, 6) is 0. The van der Waals surface area contributed by atoms with Gasteiger partial charge in [0.15, 0.2) is 0 Å². The number of thiophene rings is 1. The Morgan fingerprint density at radius 3 is 2.38 bits per heavy atom. The zero-order valence-corrected chi connectivity index (χ0v) is 24.9. The van der Waals surface area contributed by atoms with Gasteiger partial charge in [0.2, 0.25) is 0 Å². The second-order valence-corrected chi connectivity index (χ2v) is 10.5. The van der Waals surface area contributed by atoms with Gasteiger partial charge in [-0.25, -0.2) is 0 Å². The summed E-state index contributed by atoms with van der Waals surface area (Å²) >= 11 is 1.97. The zero-order valence-electron chi connectivity index (χ0n) is 21.7. The van der Waals surface area contributed by atoms with Crippen molar-refractivity contribution in [3.63, 3.8) is 0 Å². The molecule has 0 saturated carbocycles.